The van der Waals surface area contributed by atoms with E-state index in [1.54, 1.807) is 0 Å². The van der Waals surface area contributed by atoms with E-state index in [1.807, 2.05) is 31.2 Å². The molecule has 0 spiro atoms. The molecule has 0 aliphatic rings. The number of hydrogen-bond donors (Lipinski definition) is 2. The minimum absolute atomic E-state index is 0.745. The molecule has 3 rings (SSSR count). The predicted octanol–water partition coefficient (Wildman–Crippen LogP) is 4.49. The third-order valence-corrected chi connectivity index (χ3v) is 3.69. The van der Waals surface area contributed by atoms with Crippen LogP contribution in [0.5, 0.6) is 0 Å². The third kappa shape index (κ3) is 4.56. The number of hydrogen-bond acceptors (Lipinski definition) is 4. The van der Waals surface area contributed by atoms with E-state index in [0.29, 0.717) is 0 Å². The summed E-state index contributed by atoms with van der Waals surface area (Å²) in [6, 6.07) is 20.6. The van der Waals surface area contributed by atoms with Crippen LogP contribution in [0.4, 0.5) is 17.3 Å². The highest BCUT2D eigenvalue weighted by molar-refractivity contribution is 5.59. The van der Waals surface area contributed by atoms with Crippen LogP contribution in [-0.4, -0.2) is 16.5 Å². The molecule has 0 saturated carbocycles. The Bertz CT molecular complexity index is 800. The van der Waals surface area contributed by atoms with Crippen molar-refractivity contribution in [2.45, 2.75) is 20.3 Å². The van der Waals surface area contributed by atoms with Crippen LogP contribution in [0.15, 0.2) is 60.7 Å². The Labute approximate surface area is 143 Å². The minimum Gasteiger partial charge on any atom is -0.370 e. The summed E-state index contributed by atoms with van der Waals surface area (Å²) in [4.78, 5) is 8.92. The van der Waals surface area contributed by atoms with Crippen molar-refractivity contribution in [1.29, 1.82) is 0 Å². The summed E-state index contributed by atoms with van der Waals surface area (Å²) >= 11 is 0. The Morgan fingerprint density at radius 2 is 1.62 bits per heavy atom. The number of aryl methyl sites for hydroxylation is 2. The molecule has 2 aromatic carbocycles. The summed E-state index contributed by atoms with van der Waals surface area (Å²) in [5.41, 5.74) is 3.56. The molecule has 0 radical (unpaired) electrons. The largest absolute Gasteiger partial charge is 0.370 e. The Morgan fingerprint density at radius 3 is 2.42 bits per heavy atom. The summed E-state index contributed by atoms with van der Waals surface area (Å²) < 4.78 is 0. The van der Waals surface area contributed by atoms with Gasteiger partial charge in [-0.1, -0.05) is 42.5 Å². The van der Waals surface area contributed by atoms with E-state index in [9.17, 15) is 0 Å². The number of rotatable bonds is 6. The Balaban J connectivity index is 1.65. The van der Waals surface area contributed by atoms with Crippen molar-refractivity contribution in [3.63, 3.8) is 0 Å². The highest BCUT2D eigenvalue weighted by Crippen LogP contribution is 2.18. The molecule has 4 nitrogen and oxygen atoms in total. The normalized spacial score (nSPS) is 10.4. The second kappa shape index (κ2) is 7.59. The van der Waals surface area contributed by atoms with Crippen LogP contribution in [0.1, 0.15) is 17.0 Å². The lowest BCUT2D eigenvalue weighted by Gasteiger charge is -2.10. The maximum atomic E-state index is 4.46. The van der Waals surface area contributed by atoms with Crippen molar-refractivity contribution >= 4 is 17.3 Å². The number of nitrogens with zero attached hydrogens (tertiary/aromatic N) is 2. The summed E-state index contributed by atoms with van der Waals surface area (Å²) in [5, 5.41) is 6.72. The van der Waals surface area contributed by atoms with Gasteiger partial charge in [0.25, 0.3) is 0 Å². The molecule has 3 aromatic rings. The van der Waals surface area contributed by atoms with Gasteiger partial charge in [0, 0.05) is 18.3 Å². The van der Waals surface area contributed by atoms with Crippen LogP contribution in [-0.2, 0) is 6.42 Å². The van der Waals surface area contributed by atoms with Gasteiger partial charge in [-0.2, -0.15) is 0 Å². The molecule has 0 aliphatic heterocycles. The molecule has 24 heavy (non-hydrogen) atoms. The summed E-state index contributed by atoms with van der Waals surface area (Å²) in [7, 11) is 0. The van der Waals surface area contributed by atoms with Gasteiger partial charge in [-0.3, -0.25) is 0 Å². The molecular weight excluding hydrogens is 296 g/mol. The first kappa shape index (κ1) is 16.0. The number of anilines is 3. The van der Waals surface area contributed by atoms with E-state index in [2.05, 4.69) is 63.9 Å². The minimum atomic E-state index is 0.745. The zero-order valence-electron chi connectivity index (χ0n) is 14.1. The molecule has 2 N–H and O–H groups in total. The first-order valence-corrected chi connectivity index (χ1v) is 8.16. The number of benzene rings is 2. The van der Waals surface area contributed by atoms with Crippen molar-refractivity contribution in [1.82, 2.24) is 9.97 Å². The van der Waals surface area contributed by atoms with Gasteiger partial charge >= 0.3 is 0 Å². The van der Waals surface area contributed by atoms with Gasteiger partial charge in [-0.05, 0) is 43.5 Å². The van der Waals surface area contributed by atoms with Crippen LogP contribution in [0.25, 0.3) is 0 Å². The monoisotopic (exact) mass is 318 g/mol. The Hall–Kier alpha value is -2.88. The van der Waals surface area contributed by atoms with Crippen molar-refractivity contribution in [2.75, 3.05) is 17.2 Å². The van der Waals surface area contributed by atoms with Crippen LogP contribution >= 0.6 is 0 Å². The molecule has 0 atom stereocenters. The van der Waals surface area contributed by atoms with E-state index in [1.165, 1.54) is 11.1 Å². The second-order valence-electron chi connectivity index (χ2n) is 5.84. The maximum Gasteiger partial charge on any atom is 0.136 e. The van der Waals surface area contributed by atoms with E-state index in [4.69, 9.17) is 0 Å². The predicted molar refractivity (Wildman–Crippen MR) is 99.9 cm³/mol. The average molecular weight is 318 g/mol. The van der Waals surface area contributed by atoms with Gasteiger partial charge in [-0.15, -0.1) is 0 Å². The van der Waals surface area contributed by atoms with Gasteiger partial charge in [0.05, 0.1) is 0 Å². The maximum absolute atomic E-state index is 4.46. The van der Waals surface area contributed by atoms with Crippen molar-refractivity contribution in [3.8, 4) is 0 Å². The van der Waals surface area contributed by atoms with Crippen molar-refractivity contribution in [3.05, 3.63) is 77.6 Å². The fourth-order valence-electron chi connectivity index (χ4n) is 2.57. The number of aromatic nitrogens is 2. The van der Waals surface area contributed by atoms with Crippen LogP contribution in [0.2, 0.25) is 0 Å². The fraction of sp³-hybridized carbons (Fsp3) is 0.200. The van der Waals surface area contributed by atoms with E-state index in [0.717, 1.165) is 36.1 Å². The third-order valence-electron chi connectivity index (χ3n) is 3.69. The van der Waals surface area contributed by atoms with E-state index in [-0.39, 0.29) is 0 Å². The molecule has 1 heterocycles. The molecule has 1 aromatic heterocycles. The quantitative estimate of drug-likeness (QED) is 0.703. The molecule has 122 valence electrons. The average Bonchev–Trinajstić information content (AvgIpc) is 2.55. The summed E-state index contributed by atoms with van der Waals surface area (Å²) in [6.45, 7) is 4.82. The molecule has 0 unspecified atom stereocenters. The molecule has 0 fully saturated rings. The molecule has 0 aliphatic carbocycles. The summed E-state index contributed by atoms with van der Waals surface area (Å²) in [5.74, 6) is 2.39. The smallest absolute Gasteiger partial charge is 0.136 e. The zero-order chi connectivity index (χ0) is 16.8. The highest BCUT2D eigenvalue weighted by atomic mass is 15.1. The van der Waals surface area contributed by atoms with Gasteiger partial charge in [0.2, 0.25) is 0 Å². The molecule has 4 heteroatoms. The van der Waals surface area contributed by atoms with E-state index >= 15 is 0 Å². The van der Waals surface area contributed by atoms with E-state index < -0.39 is 0 Å². The number of nitrogens with one attached hydrogen (secondary N) is 2. The lowest BCUT2D eigenvalue weighted by Crippen LogP contribution is -2.08. The van der Waals surface area contributed by atoms with Gasteiger partial charge < -0.3 is 10.6 Å². The topological polar surface area (TPSA) is 49.8 Å². The van der Waals surface area contributed by atoms with Crippen LogP contribution in [0.3, 0.4) is 0 Å². The summed E-state index contributed by atoms with van der Waals surface area (Å²) in [6.07, 6.45) is 0.963. The lowest BCUT2D eigenvalue weighted by molar-refractivity contribution is 0.983. The van der Waals surface area contributed by atoms with Crippen molar-refractivity contribution < 1.29 is 0 Å². The van der Waals surface area contributed by atoms with Crippen LogP contribution < -0.4 is 10.6 Å². The molecular formula is C20H22N4. The first-order chi connectivity index (χ1) is 11.7. The Kier molecular flexibility index (Phi) is 5.06. The van der Waals surface area contributed by atoms with Crippen LogP contribution in [0, 0.1) is 13.8 Å². The van der Waals surface area contributed by atoms with Gasteiger partial charge in [0.1, 0.15) is 17.5 Å². The molecule has 0 saturated heterocycles. The fourth-order valence-corrected chi connectivity index (χ4v) is 2.57. The molecule has 0 amide bonds. The second-order valence-corrected chi connectivity index (χ2v) is 5.84. The van der Waals surface area contributed by atoms with Crippen molar-refractivity contribution in [2.24, 2.45) is 0 Å². The van der Waals surface area contributed by atoms with Gasteiger partial charge in [0.15, 0.2) is 0 Å². The Morgan fingerprint density at radius 1 is 0.833 bits per heavy atom. The highest BCUT2D eigenvalue weighted by Gasteiger charge is 2.03. The van der Waals surface area contributed by atoms with Gasteiger partial charge in [-0.25, -0.2) is 9.97 Å². The zero-order valence-corrected chi connectivity index (χ0v) is 14.1. The SMILES string of the molecule is Cc1cccc(Nc2cc(NCCc3ccccc3)nc(C)n2)c1. The standard InChI is InChI=1S/C20H22N4/c1-15-7-6-10-18(13-15)24-20-14-19(22-16(2)23-20)21-12-11-17-8-4-3-5-9-17/h3-10,13-14H,11-12H2,1-2H3,(H2,21,22,23,24). The molecule has 0 bridgehead atoms. The lowest BCUT2D eigenvalue weighted by atomic mass is 10.1. The first-order valence-electron chi connectivity index (χ1n) is 8.16.